The molecule has 1 heterocycles. The van der Waals surface area contributed by atoms with E-state index in [9.17, 15) is 9.67 Å². The lowest BCUT2D eigenvalue weighted by molar-refractivity contribution is -0.0263. The summed E-state index contributed by atoms with van der Waals surface area (Å²) in [6.45, 7) is 9.86. The second kappa shape index (κ2) is 6.96. The normalized spacial score (nSPS) is 29.6. The fourth-order valence-corrected chi connectivity index (χ4v) is 4.14. The molecule has 1 rings (SSSR count). The van der Waals surface area contributed by atoms with Gasteiger partial charge in [-0.05, 0) is 25.7 Å². The number of rotatable bonds is 7. The predicted molar refractivity (Wildman–Crippen MR) is 85.6 cm³/mol. The molecule has 0 aromatic heterocycles. The van der Waals surface area contributed by atoms with Crippen LogP contribution in [-0.4, -0.2) is 42.9 Å². The smallest absolute Gasteiger partial charge is 0.192 e. The molecule has 1 aliphatic rings. The third kappa shape index (κ3) is 6.30. The van der Waals surface area contributed by atoms with E-state index in [0.29, 0.717) is 12.6 Å². The van der Waals surface area contributed by atoms with Gasteiger partial charge in [0.15, 0.2) is 8.03 Å². The summed E-state index contributed by atoms with van der Waals surface area (Å²) in [6, 6.07) is 0.0985. The van der Waals surface area contributed by atoms with Crippen LogP contribution in [0.2, 0.25) is 0 Å². The molecule has 0 aromatic rings. The van der Waals surface area contributed by atoms with Gasteiger partial charge in [-0.1, -0.05) is 27.2 Å². The van der Waals surface area contributed by atoms with Crippen molar-refractivity contribution in [1.29, 1.82) is 0 Å². The molecular weight excluding hydrogens is 274 g/mol. The molecule has 0 aliphatic carbocycles. The first-order valence-electron chi connectivity index (χ1n) is 7.60. The summed E-state index contributed by atoms with van der Waals surface area (Å²) < 4.78 is 23.8. The molecule has 4 atom stereocenters. The molecule has 0 radical (unpaired) electrons. The van der Waals surface area contributed by atoms with Crippen LogP contribution in [-0.2, 0) is 13.8 Å². The quantitative estimate of drug-likeness (QED) is 0.578. The summed E-state index contributed by atoms with van der Waals surface area (Å²) in [4.78, 5) is 0. The zero-order valence-corrected chi connectivity index (χ0v) is 14.7. The molecule has 0 bridgehead atoms. The van der Waals surface area contributed by atoms with Gasteiger partial charge >= 0.3 is 0 Å². The first-order chi connectivity index (χ1) is 9.02. The van der Waals surface area contributed by atoms with E-state index in [0.717, 1.165) is 12.8 Å². The second-order valence-corrected chi connectivity index (χ2v) is 8.79. The Morgan fingerprint density at radius 1 is 1.40 bits per heavy atom. The van der Waals surface area contributed by atoms with Crippen LogP contribution in [0.3, 0.4) is 0 Å². The molecule has 0 saturated carbocycles. The van der Waals surface area contributed by atoms with Crippen LogP contribution in [0.1, 0.15) is 53.9 Å². The van der Waals surface area contributed by atoms with Gasteiger partial charge in [-0.3, -0.25) is 4.57 Å². The number of aliphatic hydroxyl groups is 1. The molecule has 118 valence electrons. The van der Waals surface area contributed by atoms with Crippen molar-refractivity contribution in [3.63, 3.8) is 0 Å². The SMILES string of the molecule is B[C@H]1CC(O[PH](=O)CC(C)(C)CC)[C@@H](CC(C)(C)O)O1. The fourth-order valence-electron chi connectivity index (χ4n) is 2.44. The highest BCUT2D eigenvalue weighted by atomic mass is 31.1. The van der Waals surface area contributed by atoms with Gasteiger partial charge in [0, 0.05) is 18.6 Å². The van der Waals surface area contributed by atoms with Crippen LogP contribution in [0, 0.1) is 5.41 Å². The second-order valence-electron chi connectivity index (χ2n) is 7.46. The first kappa shape index (κ1) is 18.2. The zero-order valence-electron chi connectivity index (χ0n) is 13.7. The lowest BCUT2D eigenvalue weighted by Crippen LogP contribution is -2.33. The minimum atomic E-state index is -2.06. The van der Waals surface area contributed by atoms with Gasteiger partial charge in [-0.15, -0.1) is 0 Å². The van der Waals surface area contributed by atoms with E-state index >= 15 is 0 Å². The molecular formula is C14H30BO4P. The van der Waals surface area contributed by atoms with Gasteiger partial charge < -0.3 is 14.4 Å². The Hall–Kier alpha value is 0.175. The van der Waals surface area contributed by atoms with Crippen molar-refractivity contribution < 1.29 is 18.9 Å². The van der Waals surface area contributed by atoms with Gasteiger partial charge in [0.2, 0.25) is 0 Å². The van der Waals surface area contributed by atoms with Gasteiger partial charge in [0.25, 0.3) is 0 Å². The van der Waals surface area contributed by atoms with Crippen molar-refractivity contribution in [3.05, 3.63) is 0 Å². The Balaban J connectivity index is 2.58. The van der Waals surface area contributed by atoms with Gasteiger partial charge in [-0.2, -0.15) is 0 Å². The third-order valence-electron chi connectivity index (χ3n) is 3.95. The average molecular weight is 304 g/mol. The highest BCUT2D eigenvalue weighted by Crippen LogP contribution is 2.39. The zero-order chi connectivity index (χ0) is 15.6. The minimum Gasteiger partial charge on any atom is -0.390 e. The molecule has 1 N–H and O–H groups in total. The van der Waals surface area contributed by atoms with E-state index in [2.05, 4.69) is 20.8 Å². The summed E-state index contributed by atoms with van der Waals surface area (Å²) in [6.07, 6.45) is 2.53. The molecule has 1 aliphatic heterocycles. The lowest BCUT2D eigenvalue weighted by atomic mass is 9.93. The molecule has 20 heavy (non-hydrogen) atoms. The molecule has 0 aromatic carbocycles. The van der Waals surface area contributed by atoms with Crippen LogP contribution in [0.15, 0.2) is 0 Å². The van der Waals surface area contributed by atoms with E-state index < -0.39 is 13.6 Å². The van der Waals surface area contributed by atoms with Crippen molar-refractivity contribution in [2.24, 2.45) is 5.41 Å². The number of hydrogen-bond donors (Lipinski definition) is 1. The fraction of sp³-hybridized carbons (Fsp3) is 1.00. The minimum absolute atomic E-state index is 0.0485. The van der Waals surface area contributed by atoms with Crippen molar-refractivity contribution in [1.82, 2.24) is 0 Å². The van der Waals surface area contributed by atoms with Gasteiger partial charge in [-0.25, -0.2) is 0 Å². The maximum Gasteiger partial charge on any atom is 0.192 e. The van der Waals surface area contributed by atoms with Crippen LogP contribution < -0.4 is 0 Å². The largest absolute Gasteiger partial charge is 0.390 e. The summed E-state index contributed by atoms with van der Waals surface area (Å²) in [5.41, 5.74) is -0.748. The monoisotopic (exact) mass is 304 g/mol. The van der Waals surface area contributed by atoms with E-state index in [4.69, 9.17) is 9.26 Å². The van der Waals surface area contributed by atoms with Crippen LogP contribution in [0.25, 0.3) is 0 Å². The Morgan fingerprint density at radius 2 is 2.00 bits per heavy atom. The summed E-state index contributed by atoms with van der Waals surface area (Å²) >= 11 is 0. The molecule has 2 unspecified atom stereocenters. The van der Waals surface area contributed by atoms with E-state index in [1.807, 2.05) is 7.85 Å². The van der Waals surface area contributed by atoms with Crippen molar-refractivity contribution in [2.45, 2.75) is 77.7 Å². The summed E-state index contributed by atoms with van der Waals surface area (Å²) in [5, 5.41) is 9.94. The first-order valence-corrected chi connectivity index (χ1v) is 9.12. The standard InChI is InChI=1S/C14H30BO4P/c1-6-13(2,3)9-20(17)19-10-7-12(15)18-11(10)8-14(4,5)16/h10-12,16,20H,6-9,15H2,1-5H3/t10?,11-,12-/m1/s1. The van der Waals surface area contributed by atoms with Crippen molar-refractivity contribution in [3.8, 4) is 0 Å². The van der Waals surface area contributed by atoms with E-state index in [1.54, 1.807) is 13.8 Å². The summed E-state index contributed by atoms with van der Waals surface area (Å²) in [5.74, 6) is 0. The van der Waals surface area contributed by atoms with Crippen LogP contribution >= 0.6 is 8.03 Å². The number of hydrogen-bond acceptors (Lipinski definition) is 4. The average Bonchev–Trinajstić information content (AvgIpc) is 2.55. The molecule has 4 nitrogen and oxygen atoms in total. The predicted octanol–water partition coefficient (Wildman–Crippen LogP) is 2.19. The Kier molecular flexibility index (Phi) is 6.34. The van der Waals surface area contributed by atoms with E-state index in [1.165, 1.54) is 0 Å². The molecule has 0 spiro atoms. The van der Waals surface area contributed by atoms with Gasteiger partial charge in [0.05, 0.1) is 17.8 Å². The highest BCUT2D eigenvalue weighted by molar-refractivity contribution is 7.39. The van der Waals surface area contributed by atoms with Crippen molar-refractivity contribution in [2.75, 3.05) is 6.16 Å². The highest BCUT2D eigenvalue weighted by Gasteiger charge is 2.38. The molecule has 6 heteroatoms. The topological polar surface area (TPSA) is 55.8 Å². The van der Waals surface area contributed by atoms with Crippen molar-refractivity contribution >= 4 is 15.9 Å². The Labute approximate surface area is 124 Å². The Bertz CT molecular complexity index is 341. The maximum absolute atomic E-state index is 12.2. The summed E-state index contributed by atoms with van der Waals surface area (Å²) in [7, 11) is -0.0698. The lowest BCUT2D eigenvalue weighted by Gasteiger charge is -2.27. The number of ether oxygens (including phenoxy) is 1. The third-order valence-corrected chi connectivity index (χ3v) is 5.76. The van der Waals surface area contributed by atoms with E-state index in [-0.39, 0.29) is 23.6 Å². The van der Waals surface area contributed by atoms with Crippen LogP contribution in [0.4, 0.5) is 0 Å². The van der Waals surface area contributed by atoms with Crippen LogP contribution in [0.5, 0.6) is 0 Å². The maximum atomic E-state index is 12.2. The molecule has 0 amide bonds. The molecule has 1 fully saturated rings. The Morgan fingerprint density at radius 3 is 2.50 bits per heavy atom. The molecule has 1 saturated heterocycles. The van der Waals surface area contributed by atoms with Gasteiger partial charge in [0.1, 0.15) is 7.85 Å².